The van der Waals surface area contributed by atoms with Crippen LogP contribution in [0.4, 0.5) is 4.39 Å². The van der Waals surface area contributed by atoms with Crippen molar-refractivity contribution in [1.29, 1.82) is 0 Å². The van der Waals surface area contributed by atoms with Crippen LogP contribution in [0.15, 0.2) is 24.3 Å². The minimum Gasteiger partial charge on any atom is -0.494 e. The fourth-order valence-electron chi connectivity index (χ4n) is 2.17. The molecule has 0 N–H and O–H groups in total. The number of rotatable bonds is 5. The van der Waals surface area contributed by atoms with E-state index in [9.17, 15) is 9.18 Å². The second-order valence-corrected chi connectivity index (χ2v) is 5.19. The lowest BCUT2D eigenvalue weighted by Crippen LogP contribution is -2.15. The number of hydrogen-bond acceptors (Lipinski definition) is 4. The summed E-state index contributed by atoms with van der Waals surface area (Å²) in [6, 6.07) is 6.44. The molecule has 2 aromatic rings. The van der Waals surface area contributed by atoms with Crippen molar-refractivity contribution >= 4 is 5.97 Å². The fraction of sp³-hybridized carbons (Fsp3) is 0.375. The van der Waals surface area contributed by atoms with Crippen molar-refractivity contribution in [3.05, 3.63) is 35.8 Å². The third-order valence-corrected chi connectivity index (χ3v) is 3.36. The highest BCUT2D eigenvalue weighted by Crippen LogP contribution is 2.28. The summed E-state index contributed by atoms with van der Waals surface area (Å²) >= 11 is 0. The van der Waals surface area contributed by atoms with Crippen LogP contribution in [0.1, 0.15) is 25.5 Å². The van der Waals surface area contributed by atoms with E-state index in [1.165, 1.54) is 20.3 Å². The normalized spacial score (nSPS) is 10.8. The number of ether oxygens (including phenoxy) is 2. The Morgan fingerprint density at radius 1 is 1.32 bits per heavy atom. The van der Waals surface area contributed by atoms with Gasteiger partial charge in [-0.2, -0.15) is 5.10 Å². The zero-order valence-corrected chi connectivity index (χ0v) is 13.1. The van der Waals surface area contributed by atoms with E-state index in [0.717, 1.165) is 11.3 Å². The zero-order chi connectivity index (χ0) is 16.3. The first-order valence-electron chi connectivity index (χ1n) is 6.94. The smallest absolute Gasteiger partial charge is 0.327 e. The molecule has 1 heterocycles. The van der Waals surface area contributed by atoms with Gasteiger partial charge in [0, 0.05) is 11.3 Å². The molecule has 0 aliphatic carbocycles. The van der Waals surface area contributed by atoms with Gasteiger partial charge in [0.15, 0.2) is 11.6 Å². The second kappa shape index (κ2) is 6.60. The third-order valence-electron chi connectivity index (χ3n) is 3.36. The van der Waals surface area contributed by atoms with Crippen LogP contribution in [-0.4, -0.2) is 30.0 Å². The summed E-state index contributed by atoms with van der Waals surface area (Å²) in [4.78, 5) is 11.5. The number of benzene rings is 1. The van der Waals surface area contributed by atoms with E-state index in [1.54, 1.807) is 16.8 Å². The molecule has 0 amide bonds. The molecule has 0 bridgehead atoms. The van der Waals surface area contributed by atoms with Gasteiger partial charge in [-0.25, -0.2) is 4.39 Å². The van der Waals surface area contributed by atoms with E-state index < -0.39 is 5.82 Å². The molecule has 22 heavy (non-hydrogen) atoms. The molecule has 1 aromatic carbocycles. The van der Waals surface area contributed by atoms with Crippen molar-refractivity contribution in [2.45, 2.75) is 26.3 Å². The molecule has 0 spiro atoms. The lowest BCUT2D eigenvalue weighted by molar-refractivity contribution is -0.141. The maximum absolute atomic E-state index is 13.5. The average molecular weight is 306 g/mol. The molecule has 0 unspecified atom stereocenters. The molecule has 0 radical (unpaired) electrons. The summed E-state index contributed by atoms with van der Waals surface area (Å²) in [7, 11) is 2.75. The maximum Gasteiger partial charge on any atom is 0.327 e. The lowest BCUT2D eigenvalue weighted by Gasteiger charge is -2.08. The average Bonchev–Trinajstić information content (AvgIpc) is 2.91. The van der Waals surface area contributed by atoms with Gasteiger partial charge in [0.2, 0.25) is 0 Å². The summed E-state index contributed by atoms with van der Waals surface area (Å²) in [5.41, 5.74) is 2.29. The number of halogens is 1. The molecule has 0 fully saturated rings. The number of methoxy groups -OCH3 is 2. The number of carbonyl (C=O) groups excluding carboxylic acids is 1. The van der Waals surface area contributed by atoms with Crippen LogP contribution in [0.25, 0.3) is 11.3 Å². The topological polar surface area (TPSA) is 53.4 Å². The van der Waals surface area contributed by atoms with Gasteiger partial charge in [-0.15, -0.1) is 0 Å². The van der Waals surface area contributed by atoms with Crippen molar-refractivity contribution in [2.75, 3.05) is 14.2 Å². The van der Waals surface area contributed by atoms with Crippen LogP contribution in [0.5, 0.6) is 5.75 Å². The Morgan fingerprint density at radius 3 is 2.64 bits per heavy atom. The highest BCUT2D eigenvalue weighted by Gasteiger charge is 2.16. The molecule has 2 rings (SSSR count). The highest BCUT2D eigenvalue weighted by atomic mass is 19.1. The van der Waals surface area contributed by atoms with Crippen molar-refractivity contribution in [3.63, 3.8) is 0 Å². The predicted molar refractivity (Wildman–Crippen MR) is 80.3 cm³/mol. The molecule has 6 heteroatoms. The number of esters is 1. The Labute approximate surface area is 128 Å². The van der Waals surface area contributed by atoms with Gasteiger partial charge in [0.25, 0.3) is 0 Å². The maximum atomic E-state index is 13.5. The second-order valence-electron chi connectivity index (χ2n) is 5.19. The summed E-state index contributed by atoms with van der Waals surface area (Å²) in [6.45, 7) is 4.07. The first-order chi connectivity index (χ1) is 10.5. The van der Waals surface area contributed by atoms with Crippen molar-refractivity contribution in [1.82, 2.24) is 9.78 Å². The summed E-state index contributed by atoms with van der Waals surface area (Å²) < 4.78 is 24.8. The Balaban J connectivity index is 2.43. The van der Waals surface area contributed by atoms with Crippen LogP contribution < -0.4 is 4.74 Å². The Hall–Kier alpha value is -2.37. The molecule has 0 saturated carbocycles. The summed E-state index contributed by atoms with van der Waals surface area (Å²) in [5, 5.41) is 4.43. The predicted octanol–water partition coefficient (Wildman–Crippen LogP) is 2.99. The monoisotopic (exact) mass is 306 g/mol. The Kier molecular flexibility index (Phi) is 4.80. The minimum absolute atomic E-state index is 0.0440. The van der Waals surface area contributed by atoms with Crippen molar-refractivity contribution in [2.24, 2.45) is 0 Å². The van der Waals surface area contributed by atoms with E-state index >= 15 is 0 Å². The van der Waals surface area contributed by atoms with E-state index in [0.29, 0.717) is 5.69 Å². The number of nitrogens with zero attached hydrogens (tertiary/aromatic N) is 2. The van der Waals surface area contributed by atoms with Crippen LogP contribution in [0, 0.1) is 5.82 Å². The van der Waals surface area contributed by atoms with Gasteiger partial charge < -0.3 is 9.47 Å². The highest BCUT2D eigenvalue weighted by molar-refractivity contribution is 5.69. The van der Waals surface area contributed by atoms with E-state index in [2.05, 4.69) is 9.84 Å². The van der Waals surface area contributed by atoms with Crippen LogP contribution in [-0.2, 0) is 16.1 Å². The Bertz CT molecular complexity index is 680. The minimum atomic E-state index is -0.427. The SMILES string of the molecule is COC(=O)Cn1nc(-c2ccc(F)c(OC)c2)cc1C(C)C. The van der Waals surface area contributed by atoms with Crippen LogP contribution >= 0.6 is 0 Å². The number of carbonyl (C=O) groups is 1. The first kappa shape index (κ1) is 16.0. The van der Waals surface area contributed by atoms with E-state index in [4.69, 9.17) is 4.74 Å². The van der Waals surface area contributed by atoms with Gasteiger partial charge in [-0.05, 0) is 30.2 Å². The molecule has 0 saturated heterocycles. The molecule has 0 aliphatic heterocycles. The largest absolute Gasteiger partial charge is 0.494 e. The van der Waals surface area contributed by atoms with E-state index in [1.807, 2.05) is 19.9 Å². The van der Waals surface area contributed by atoms with Gasteiger partial charge in [0.05, 0.1) is 19.9 Å². The van der Waals surface area contributed by atoms with Gasteiger partial charge in [-0.1, -0.05) is 13.8 Å². The number of hydrogen-bond donors (Lipinski definition) is 0. The summed E-state index contributed by atoms with van der Waals surface area (Å²) in [6.07, 6.45) is 0. The number of aromatic nitrogens is 2. The zero-order valence-electron chi connectivity index (χ0n) is 13.1. The molecule has 118 valence electrons. The van der Waals surface area contributed by atoms with Gasteiger partial charge in [0.1, 0.15) is 6.54 Å². The quantitative estimate of drug-likeness (QED) is 0.797. The molecule has 1 aromatic heterocycles. The lowest BCUT2D eigenvalue weighted by atomic mass is 10.1. The van der Waals surface area contributed by atoms with Crippen LogP contribution in [0.3, 0.4) is 0 Å². The van der Waals surface area contributed by atoms with E-state index in [-0.39, 0.29) is 24.2 Å². The van der Waals surface area contributed by atoms with Crippen molar-refractivity contribution in [3.8, 4) is 17.0 Å². The molecular formula is C16H19FN2O3. The van der Waals surface area contributed by atoms with Gasteiger partial charge in [-0.3, -0.25) is 9.48 Å². The first-order valence-corrected chi connectivity index (χ1v) is 6.94. The standard InChI is InChI=1S/C16H19FN2O3/c1-10(2)14-8-13(18-19(14)9-16(20)22-4)11-5-6-12(17)15(7-11)21-3/h5-8,10H,9H2,1-4H3. The van der Waals surface area contributed by atoms with Crippen LogP contribution in [0.2, 0.25) is 0 Å². The van der Waals surface area contributed by atoms with Crippen molar-refractivity contribution < 1.29 is 18.7 Å². The molecular weight excluding hydrogens is 287 g/mol. The molecule has 5 nitrogen and oxygen atoms in total. The Morgan fingerprint density at radius 2 is 2.05 bits per heavy atom. The fourth-order valence-corrected chi connectivity index (χ4v) is 2.17. The van der Waals surface area contributed by atoms with Gasteiger partial charge >= 0.3 is 5.97 Å². The summed E-state index contributed by atoms with van der Waals surface area (Å²) in [5.74, 6) is -0.447. The third kappa shape index (κ3) is 3.27. The molecule has 0 atom stereocenters. The molecule has 0 aliphatic rings.